The Morgan fingerprint density at radius 1 is 0.955 bits per heavy atom. The summed E-state index contributed by atoms with van der Waals surface area (Å²) in [6, 6.07) is 12.5. The molecule has 0 radical (unpaired) electrons. The average molecular weight is 408 g/mol. The van der Waals surface area contributed by atoms with Crippen LogP contribution in [0.25, 0.3) is 20.4 Å². The van der Waals surface area contributed by atoms with E-state index in [0.29, 0.717) is 0 Å². The van der Waals surface area contributed by atoms with E-state index >= 15 is 0 Å². The summed E-state index contributed by atoms with van der Waals surface area (Å²) in [4.78, 5) is 10.5. The van der Waals surface area contributed by atoms with Crippen molar-refractivity contribution in [2.24, 2.45) is 0 Å². The van der Waals surface area contributed by atoms with Gasteiger partial charge in [0.25, 0.3) is 0 Å². The summed E-state index contributed by atoms with van der Waals surface area (Å²) in [5.41, 5.74) is 2.02. The number of thioether (sulfide) groups is 1. The number of hydrogen-bond acceptors (Lipinski definition) is 6. The van der Waals surface area contributed by atoms with Crippen LogP contribution in [0.2, 0.25) is 0 Å². The van der Waals surface area contributed by atoms with E-state index in [0.717, 1.165) is 30.5 Å². The monoisotopic (exact) mass is 407 g/mol. The fourth-order valence-electron chi connectivity index (χ4n) is 2.13. The lowest BCUT2D eigenvalue weighted by molar-refractivity contribution is 1.39. The second-order valence-corrected chi connectivity index (χ2v) is 8.47. The normalized spacial score (nSPS) is 11.4. The fraction of sp³-hybridized carbons (Fsp3) is 0.0667. The number of rotatable bonds is 3. The Hall–Kier alpha value is -1.15. The highest BCUT2D eigenvalue weighted by Gasteiger charge is 2.08. The molecule has 0 aliphatic rings. The Morgan fingerprint density at radius 2 is 1.59 bits per heavy atom. The van der Waals surface area contributed by atoms with Crippen molar-refractivity contribution in [2.75, 3.05) is 11.6 Å². The Labute approximate surface area is 147 Å². The number of fused-ring (bicyclic) bond motifs is 2. The van der Waals surface area contributed by atoms with Crippen molar-refractivity contribution in [3.63, 3.8) is 0 Å². The minimum Gasteiger partial charge on any atom is -0.307 e. The lowest BCUT2D eigenvalue weighted by atomic mass is 10.3. The molecule has 1 N–H and O–H groups in total. The third-order valence-electron chi connectivity index (χ3n) is 3.16. The Kier molecular flexibility index (Phi) is 3.81. The van der Waals surface area contributed by atoms with E-state index in [1.165, 1.54) is 9.60 Å². The smallest absolute Gasteiger partial charge is 0.190 e. The molecule has 0 saturated heterocycles. The first-order valence-corrected chi connectivity index (χ1v) is 10.1. The first kappa shape index (κ1) is 14.4. The second kappa shape index (κ2) is 5.81. The van der Waals surface area contributed by atoms with Crippen LogP contribution in [0.1, 0.15) is 0 Å². The number of benzene rings is 2. The third-order valence-corrected chi connectivity index (χ3v) is 6.25. The van der Waals surface area contributed by atoms with E-state index < -0.39 is 0 Å². The van der Waals surface area contributed by atoms with Gasteiger partial charge in [-0.05, 0) is 42.7 Å². The van der Waals surface area contributed by atoms with Crippen molar-refractivity contribution in [2.45, 2.75) is 4.90 Å². The standard InChI is InChI=1S/C15H10BrN3S3/c1-20-9-3-5-11-13(7-9)22-15(18-11)19-14-17-10-4-2-8(16)6-12(10)21-14/h2-7H,1H3,(H,17,18,19). The molecule has 0 amide bonds. The van der Waals surface area contributed by atoms with E-state index in [9.17, 15) is 0 Å². The second-order valence-electron chi connectivity index (χ2n) is 4.61. The zero-order valence-corrected chi connectivity index (χ0v) is 15.5. The molecule has 0 aliphatic carbocycles. The van der Waals surface area contributed by atoms with Gasteiger partial charge in [-0.1, -0.05) is 38.6 Å². The van der Waals surface area contributed by atoms with Gasteiger partial charge in [0, 0.05) is 9.37 Å². The number of aromatic nitrogens is 2. The summed E-state index contributed by atoms with van der Waals surface area (Å²) in [6.45, 7) is 0. The number of thiazole rings is 2. The molecule has 4 rings (SSSR count). The number of anilines is 2. The van der Waals surface area contributed by atoms with Crippen LogP contribution in [0.5, 0.6) is 0 Å². The van der Waals surface area contributed by atoms with Crippen LogP contribution in [0.15, 0.2) is 45.8 Å². The van der Waals surface area contributed by atoms with Gasteiger partial charge < -0.3 is 5.32 Å². The Morgan fingerprint density at radius 3 is 2.27 bits per heavy atom. The Bertz CT molecular complexity index is 977. The van der Waals surface area contributed by atoms with Crippen LogP contribution in [-0.4, -0.2) is 16.2 Å². The van der Waals surface area contributed by atoms with E-state index in [-0.39, 0.29) is 0 Å². The lowest BCUT2D eigenvalue weighted by Crippen LogP contribution is -1.86. The van der Waals surface area contributed by atoms with Crippen molar-refractivity contribution in [3.05, 3.63) is 40.9 Å². The van der Waals surface area contributed by atoms with Crippen LogP contribution in [0, 0.1) is 0 Å². The van der Waals surface area contributed by atoms with Gasteiger partial charge in [-0.3, -0.25) is 0 Å². The molecule has 2 aromatic heterocycles. The highest BCUT2D eigenvalue weighted by atomic mass is 79.9. The largest absolute Gasteiger partial charge is 0.307 e. The van der Waals surface area contributed by atoms with E-state index in [4.69, 9.17) is 0 Å². The van der Waals surface area contributed by atoms with Crippen LogP contribution in [-0.2, 0) is 0 Å². The summed E-state index contributed by atoms with van der Waals surface area (Å²) >= 11 is 8.53. The fourth-order valence-corrected chi connectivity index (χ4v) is 5.03. The molecule has 0 atom stereocenters. The molecule has 3 nitrogen and oxygen atoms in total. The predicted octanol–water partition coefficient (Wildman–Crippen LogP) is 6.13. The number of nitrogens with one attached hydrogen (secondary N) is 1. The summed E-state index contributed by atoms with van der Waals surface area (Å²) < 4.78 is 3.42. The van der Waals surface area contributed by atoms with Gasteiger partial charge in [0.05, 0.1) is 20.4 Å². The summed E-state index contributed by atoms with van der Waals surface area (Å²) in [7, 11) is 0. The van der Waals surface area contributed by atoms with Gasteiger partial charge in [0.1, 0.15) is 0 Å². The molecular formula is C15H10BrN3S3. The van der Waals surface area contributed by atoms with E-state index in [1.54, 1.807) is 34.4 Å². The lowest BCUT2D eigenvalue weighted by Gasteiger charge is -1.93. The molecule has 0 fully saturated rings. The van der Waals surface area contributed by atoms with Crippen LogP contribution < -0.4 is 5.32 Å². The SMILES string of the molecule is CSc1ccc2nc(Nc3nc4ccc(Br)cc4s3)sc2c1. The van der Waals surface area contributed by atoms with Gasteiger partial charge in [0.2, 0.25) is 0 Å². The van der Waals surface area contributed by atoms with Crippen molar-refractivity contribution in [1.82, 2.24) is 9.97 Å². The van der Waals surface area contributed by atoms with Crippen LogP contribution in [0.3, 0.4) is 0 Å². The highest BCUT2D eigenvalue weighted by Crippen LogP contribution is 2.34. The zero-order valence-electron chi connectivity index (χ0n) is 11.5. The zero-order chi connectivity index (χ0) is 15.1. The highest BCUT2D eigenvalue weighted by molar-refractivity contribution is 9.10. The maximum absolute atomic E-state index is 4.63. The molecule has 0 spiro atoms. The van der Waals surface area contributed by atoms with E-state index in [2.05, 4.69) is 61.7 Å². The number of nitrogens with zero attached hydrogens (tertiary/aromatic N) is 2. The molecule has 0 saturated carbocycles. The molecule has 2 heterocycles. The average Bonchev–Trinajstić information content (AvgIpc) is 3.08. The van der Waals surface area contributed by atoms with Crippen molar-refractivity contribution in [3.8, 4) is 0 Å². The first-order valence-electron chi connectivity index (χ1n) is 6.49. The molecule has 110 valence electrons. The maximum atomic E-state index is 4.63. The minimum absolute atomic E-state index is 0.872. The molecule has 7 heteroatoms. The van der Waals surface area contributed by atoms with E-state index in [1.807, 2.05) is 12.1 Å². The minimum atomic E-state index is 0.872. The molecule has 4 aromatic rings. The topological polar surface area (TPSA) is 37.8 Å². The van der Waals surface area contributed by atoms with Crippen LogP contribution >= 0.6 is 50.4 Å². The van der Waals surface area contributed by atoms with Crippen molar-refractivity contribution < 1.29 is 0 Å². The predicted molar refractivity (Wildman–Crippen MR) is 102 cm³/mol. The molecule has 0 unspecified atom stereocenters. The van der Waals surface area contributed by atoms with Crippen molar-refractivity contribution in [1.29, 1.82) is 0 Å². The quantitative estimate of drug-likeness (QED) is 0.414. The third kappa shape index (κ3) is 2.74. The van der Waals surface area contributed by atoms with Gasteiger partial charge >= 0.3 is 0 Å². The molecule has 22 heavy (non-hydrogen) atoms. The van der Waals surface area contributed by atoms with Gasteiger partial charge in [-0.2, -0.15) is 0 Å². The summed E-state index contributed by atoms with van der Waals surface area (Å²) in [5.74, 6) is 0. The summed E-state index contributed by atoms with van der Waals surface area (Å²) in [6.07, 6.45) is 2.08. The summed E-state index contributed by atoms with van der Waals surface area (Å²) in [5, 5.41) is 5.09. The molecule has 2 aromatic carbocycles. The molecule has 0 bridgehead atoms. The first-order chi connectivity index (χ1) is 10.7. The number of halogens is 1. The number of hydrogen-bond donors (Lipinski definition) is 1. The van der Waals surface area contributed by atoms with Gasteiger partial charge in [-0.25, -0.2) is 9.97 Å². The maximum Gasteiger partial charge on any atom is 0.190 e. The molecule has 0 aliphatic heterocycles. The van der Waals surface area contributed by atoms with Gasteiger partial charge in [-0.15, -0.1) is 11.8 Å². The van der Waals surface area contributed by atoms with Gasteiger partial charge in [0.15, 0.2) is 10.3 Å². The van der Waals surface area contributed by atoms with Crippen LogP contribution in [0.4, 0.5) is 10.3 Å². The molecular weight excluding hydrogens is 398 g/mol. The van der Waals surface area contributed by atoms with Crippen molar-refractivity contribution >= 4 is 81.1 Å². The Balaban J connectivity index is 1.69.